The van der Waals surface area contributed by atoms with Crippen LogP contribution >= 0.6 is 0 Å². The number of ether oxygens (including phenoxy) is 1. The fraction of sp³-hybridized carbons (Fsp3) is 0.500. The first-order valence-corrected chi connectivity index (χ1v) is 10.8. The zero-order chi connectivity index (χ0) is 21.6. The maximum absolute atomic E-state index is 13.9. The molecule has 1 amide bonds. The fourth-order valence-corrected chi connectivity index (χ4v) is 3.94. The normalized spacial score (nSPS) is 20.5. The summed E-state index contributed by atoms with van der Waals surface area (Å²) in [5, 5.41) is 6.42. The van der Waals surface area contributed by atoms with Crippen molar-refractivity contribution in [2.45, 2.75) is 32.0 Å². The number of cyclic esters (lactones) is 1. The molecule has 9 heteroatoms. The topological polar surface area (TPSA) is 82.6 Å². The average Bonchev–Trinajstić information content (AvgIpc) is 3.19. The van der Waals surface area contributed by atoms with Crippen LogP contribution in [0, 0.1) is 0 Å². The lowest BCUT2D eigenvalue weighted by Crippen LogP contribution is -2.42. The maximum atomic E-state index is 13.9. The summed E-state index contributed by atoms with van der Waals surface area (Å²) in [4.78, 5) is 24.7. The monoisotopic (exact) mass is 428 g/mol. The van der Waals surface area contributed by atoms with Gasteiger partial charge in [0.15, 0.2) is 0 Å². The second-order valence-electron chi connectivity index (χ2n) is 7.87. The number of nitrogens with zero attached hydrogens (tertiary/aromatic N) is 4. The van der Waals surface area contributed by atoms with Crippen molar-refractivity contribution < 1.29 is 13.9 Å². The van der Waals surface area contributed by atoms with E-state index in [9.17, 15) is 9.18 Å². The van der Waals surface area contributed by atoms with E-state index in [0.717, 1.165) is 44.7 Å². The van der Waals surface area contributed by atoms with E-state index in [-0.39, 0.29) is 12.0 Å². The molecule has 2 atom stereocenters. The van der Waals surface area contributed by atoms with E-state index in [0.29, 0.717) is 12.4 Å². The van der Waals surface area contributed by atoms with E-state index in [1.54, 1.807) is 12.3 Å². The molecule has 1 aromatic carbocycles. The van der Waals surface area contributed by atoms with E-state index in [2.05, 4.69) is 25.5 Å². The van der Waals surface area contributed by atoms with Gasteiger partial charge < -0.3 is 15.4 Å². The molecule has 2 aromatic rings. The van der Waals surface area contributed by atoms with Crippen molar-refractivity contribution in [2.24, 2.45) is 0 Å². The summed E-state index contributed by atoms with van der Waals surface area (Å²) in [5.74, 6) is 0.732. The molecule has 0 radical (unpaired) electrons. The summed E-state index contributed by atoms with van der Waals surface area (Å²) in [7, 11) is 0. The summed E-state index contributed by atoms with van der Waals surface area (Å²) in [6.45, 7) is 6.72. The highest BCUT2D eigenvalue weighted by atomic mass is 19.1. The average molecular weight is 429 g/mol. The van der Waals surface area contributed by atoms with Crippen LogP contribution in [0.5, 0.6) is 0 Å². The van der Waals surface area contributed by atoms with Gasteiger partial charge in [-0.3, -0.25) is 9.80 Å². The van der Waals surface area contributed by atoms with Gasteiger partial charge in [0.25, 0.3) is 0 Å². The van der Waals surface area contributed by atoms with Gasteiger partial charge in [-0.25, -0.2) is 14.2 Å². The number of piperazine rings is 1. The molecule has 0 aliphatic carbocycles. The highest BCUT2D eigenvalue weighted by Gasteiger charge is 2.34. The van der Waals surface area contributed by atoms with Crippen molar-refractivity contribution in [1.82, 2.24) is 20.2 Å². The Bertz CT molecular complexity index is 875. The van der Waals surface area contributed by atoms with E-state index in [1.165, 1.54) is 10.5 Å². The van der Waals surface area contributed by atoms with E-state index >= 15 is 0 Å². The number of anilines is 2. The molecule has 0 spiro atoms. The third-order valence-electron chi connectivity index (χ3n) is 5.78. The third-order valence-corrected chi connectivity index (χ3v) is 5.78. The van der Waals surface area contributed by atoms with Gasteiger partial charge in [-0.1, -0.05) is 31.2 Å². The van der Waals surface area contributed by atoms with Gasteiger partial charge in [0.05, 0.1) is 12.1 Å². The number of amides is 1. The predicted octanol–water partition coefficient (Wildman–Crippen LogP) is 2.74. The van der Waals surface area contributed by atoms with Crippen LogP contribution in [0.2, 0.25) is 0 Å². The van der Waals surface area contributed by atoms with Gasteiger partial charge >= 0.3 is 6.09 Å². The Balaban J connectivity index is 1.43. The van der Waals surface area contributed by atoms with Gasteiger partial charge in [0.1, 0.15) is 19.1 Å². The predicted molar refractivity (Wildman–Crippen MR) is 117 cm³/mol. The minimum atomic E-state index is -0.603. The molecule has 4 rings (SSSR count). The number of carbonyl (C=O) groups excluding carboxylic acids is 1. The van der Waals surface area contributed by atoms with Crippen LogP contribution in [0.25, 0.3) is 0 Å². The Morgan fingerprint density at radius 3 is 2.74 bits per heavy atom. The number of benzene rings is 1. The van der Waals surface area contributed by atoms with Crippen LogP contribution in [-0.2, 0) is 11.3 Å². The molecule has 0 saturated carbocycles. The van der Waals surface area contributed by atoms with Gasteiger partial charge in [-0.2, -0.15) is 4.98 Å². The molecule has 31 heavy (non-hydrogen) atoms. The molecule has 2 fully saturated rings. The molecule has 0 bridgehead atoms. The number of halogens is 1. The fourth-order valence-electron chi connectivity index (χ4n) is 3.94. The summed E-state index contributed by atoms with van der Waals surface area (Å²) < 4.78 is 19.0. The Labute approximate surface area is 181 Å². The Hall–Kier alpha value is -2.78. The molecule has 2 saturated heterocycles. The number of nitrogens with one attached hydrogen (secondary N) is 2. The van der Waals surface area contributed by atoms with E-state index < -0.39 is 18.8 Å². The zero-order valence-corrected chi connectivity index (χ0v) is 17.8. The second kappa shape index (κ2) is 10.0. The molecule has 2 N–H and O–H groups in total. The Morgan fingerprint density at radius 2 is 2.03 bits per heavy atom. The first-order valence-electron chi connectivity index (χ1n) is 10.8. The van der Waals surface area contributed by atoms with Crippen LogP contribution in [-0.4, -0.2) is 66.5 Å². The molecular weight excluding hydrogens is 399 g/mol. The summed E-state index contributed by atoms with van der Waals surface area (Å²) in [6, 6.07) is 9.02. The molecule has 8 nitrogen and oxygen atoms in total. The molecule has 1 aromatic heterocycles. The smallest absolute Gasteiger partial charge is 0.415 e. The van der Waals surface area contributed by atoms with Crippen molar-refractivity contribution in [3.8, 4) is 0 Å². The van der Waals surface area contributed by atoms with Crippen molar-refractivity contribution in [3.63, 3.8) is 0 Å². The SMILES string of the molecule is CC[C@H]1COC(=O)N1c1ccnc(N[C@@H](CF)c2ccc(CN3CCNCC3)cc2)n1. The molecule has 166 valence electrons. The lowest BCUT2D eigenvalue weighted by Gasteiger charge is -2.27. The van der Waals surface area contributed by atoms with Gasteiger partial charge in [0.2, 0.25) is 5.95 Å². The Morgan fingerprint density at radius 1 is 1.26 bits per heavy atom. The number of rotatable bonds is 8. The lowest BCUT2D eigenvalue weighted by atomic mass is 10.1. The van der Waals surface area contributed by atoms with Gasteiger partial charge in [0, 0.05) is 38.9 Å². The van der Waals surface area contributed by atoms with Crippen molar-refractivity contribution in [3.05, 3.63) is 47.7 Å². The first-order chi connectivity index (χ1) is 15.2. The van der Waals surface area contributed by atoms with Crippen molar-refractivity contribution in [1.29, 1.82) is 0 Å². The molecule has 0 unspecified atom stereocenters. The number of carbonyl (C=O) groups is 1. The van der Waals surface area contributed by atoms with Gasteiger partial charge in [-0.15, -0.1) is 0 Å². The Kier molecular flexibility index (Phi) is 6.93. The van der Waals surface area contributed by atoms with E-state index in [1.807, 2.05) is 31.2 Å². The van der Waals surface area contributed by atoms with Crippen molar-refractivity contribution >= 4 is 17.9 Å². The molecular formula is C22H29FN6O2. The number of alkyl halides is 1. The zero-order valence-electron chi connectivity index (χ0n) is 17.8. The molecule has 2 aliphatic rings. The second-order valence-corrected chi connectivity index (χ2v) is 7.87. The minimum absolute atomic E-state index is 0.0598. The van der Waals surface area contributed by atoms with Crippen LogP contribution in [0.1, 0.15) is 30.5 Å². The third kappa shape index (κ3) is 5.11. The van der Waals surface area contributed by atoms with Gasteiger partial charge in [-0.05, 0) is 23.6 Å². The summed E-state index contributed by atoms with van der Waals surface area (Å²) in [6.07, 6.45) is 1.90. The number of hydrogen-bond acceptors (Lipinski definition) is 7. The number of hydrogen-bond donors (Lipinski definition) is 2. The maximum Gasteiger partial charge on any atom is 0.415 e. The van der Waals surface area contributed by atoms with Crippen molar-refractivity contribution in [2.75, 3.05) is 49.7 Å². The highest BCUT2D eigenvalue weighted by molar-refractivity contribution is 5.89. The van der Waals surface area contributed by atoms with E-state index in [4.69, 9.17) is 4.74 Å². The summed E-state index contributed by atoms with van der Waals surface area (Å²) in [5.41, 5.74) is 2.03. The van der Waals surface area contributed by atoms with Crippen LogP contribution < -0.4 is 15.5 Å². The quantitative estimate of drug-likeness (QED) is 0.669. The highest BCUT2D eigenvalue weighted by Crippen LogP contribution is 2.25. The first kappa shape index (κ1) is 21.5. The molecule has 2 aliphatic heterocycles. The largest absolute Gasteiger partial charge is 0.447 e. The minimum Gasteiger partial charge on any atom is -0.447 e. The van der Waals surface area contributed by atoms with Crippen LogP contribution in [0.3, 0.4) is 0 Å². The van der Waals surface area contributed by atoms with Crippen LogP contribution in [0.4, 0.5) is 21.0 Å². The lowest BCUT2D eigenvalue weighted by molar-refractivity contribution is 0.178. The summed E-state index contributed by atoms with van der Waals surface area (Å²) >= 11 is 0. The number of aromatic nitrogens is 2. The molecule has 3 heterocycles. The van der Waals surface area contributed by atoms with Crippen LogP contribution in [0.15, 0.2) is 36.5 Å². The standard InChI is InChI=1S/C22H29FN6O2/c1-2-18-15-31-22(30)29(18)20-7-8-25-21(27-20)26-19(13-23)17-5-3-16(4-6-17)14-28-11-9-24-10-12-28/h3-8,18-19,24H,2,9-15H2,1H3,(H,25,26,27)/t18-,19-/m0/s1.